The van der Waals surface area contributed by atoms with Crippen LogP contribution < -0.4 is 5.32 Å². The van der Waals surface area contributed by atoms with E-state index < -0.39 is 0 Å². The van der Waals surface area contributed by atoms with Crippen molar-refractivity contribution in [3.63, 3.8) is 0 Å². The molecule has 0 amide bonds. The van der Waals surface area contributed by atoms with Crippen molar-refractivity contribution < 1.29 is 0 Å². The van der Waals surface area contributed by atoms with E-state index in [1.165, 1.54) is 55.8 Å². The third-order valence-electron chi connectivity index (χ3n) is 4.55. The summed E-state index contributed by atoms with van der Waals surface area (Å²) < 4.78 is 0. The second-order valence-corrected chi connectivity index (χ2v) is 7.17. The highest BCUT2D eigenvalue weighted by Gasteiger charge is 2.30. The second-order valence-electron chi connectivity index (χ2n) is 6.11. The van der Waals surface area contributed by atoms with Gasteiger partial charge in [0.25, 0.3) is 0 Å². The highest BCUT2D eigenvalue weighted by Crippen LogP contribution is 2.37. The fourth-order valence-corrected chi connectivity index (χ4v) is 4.27. The monoisotopic (exact) mass is 280 g/mol. The van der Waals surface area contributed by atoms with Gasteiger partial charge in [-0.05, 0) is 57.5 Å². The maximum absolute atomic E-state index is 4.67. The minimum Gasteiger partial charge on any atom is -0.319 e. The van der Waals surface area contributed by atoms with E-state index in [1.807, 2.05) is 0 Å². The van der Waals surface area contributed by atoms with Crippen LogP contribution in [0.4, 0.5) is 0 Å². The average molecular weight is 280 g/mol. The van der Waals surface area contributed by atoms with Gasteiger partial charge in [-0.1, -0.05) is 26.2 Å². The summed E-state index contributed by atoms with van der Waals surface area (Å²) in [6, 6.07) is 0. The number of nitrogens with zero attached hydrogens (tertiary/aromatic N) is 1. The number of nitrogens with one attached hydrogen (secondary N) is 1. The van der Waals surface area contributed by atoms with Crippen LogP contribution in [0.3, 0.4) is 0 Å². The molecule has 108 valence electrons. The molecule has 1 fully saturated rings. The Hall–Kier alpha value is -0.410. The lowest BCUT2D eigenvalue weighted by Crippen LogP contribution is -2.33. The molecule has 1 N–H and O–H groups in total. The first-order chi connectivity index (χ1) is 9.22. The Labute approximate surface area is 122 Å². The van der Waals surface area contributed by atoms with Gasteiger partial charge in [-0.15, -0.1) is 11.3 Å². The Morgan fingerprint density at radius 1 is 1.37 bits per heavy atom. The summed E-state index contributed by atoms with van der Waals surface area (Å²) in [6.45, 7) is 5.60. The number of thiazole rings is 1. The molecule has 3 atom stereocenters. The predicted molar refractivity (Wildman–Crippen MR) is 83.7 cm³/mol. The van der Waals surface area contributed by atoms with Crippen LogP contribution in [0.5, 0.6) is 0 Å². The summed E-state index contributed by atoms with van der Waals surface area (Å²) in [7, 11) is 2.09. The Balaban J connectivity index is 1.98. The van der Waals surface area contributed by atoms with Gasteiger partial charge in [-0.3, -0.25) is 0 Å². The molecule has 3 heteroatoms. The van der Waals surface area contributed by atoms with Gasteiger partial charge >= 0.3 is 0 Å². The van der Waals surface area contributed by atoms with Crippen LogP contribution in [0.2, 0.25) is 0 Å². The predicted octanol–water partition coefficient (Wildman–Crippen LogP) is 4.05. The molecule has 1 aromatic heterocycles. The van der Waals surface area contributed by atoms with E-state index in [0.717, 1.165) is 17.8 Å². The fourth-order valence-electron chi connectivity index (χ4n) is 3.65. The highest BCUT2D eigenvalue weighted by molar-refractivity contribution is 7.09. The SMILES string of the molecule is CCCC1CCC(CNC)C(Cc2csc(C)n2)C1. The van der Waals surface area contributed by atoms with Gasteiger partial charge in [0.1, 0.15) is 0 Å². The zero-order valence-electron chi connectivity index (χ0n) is 12.6. The smallest absolute Gasteiger partial charge is 0.0897 e. The molecule has 0 saturated heterocycles. The molecule has 2 nitrogen and oxygen atoms in total. The van der Waals surface area contributed by atoms with E-state index in [9.17, 15) is 0 Å². The molecule has 0 radical (unpaired) electrons. The van der Waals surface area contributed by atoms with Crippen LogP contribution in [0.25, 0.3) is 0 Å². The van der Waals surface area contributed by atoms with Crippen LogP contribution in [0.15, 0.2) is 5.38 Å². The topological polar surface area (TPSA) is 24.9 Å². The molecule has 1 saturated carbocycles. The number of rotatable bonds is 6. The van der Waals surface area contributed by atoms with E-state index >= 15 is 0 Å². The molecule has 1 aliphatic rings. The summed E-state index contributed by atoms with van der Waals surface area (Å²) in [4.78, 5) is 4.67. The number of hydrogen-bond donors (Lipinski definition) is 1. The molecular weight excluding hydrogens is 252 g/mol. The number of aromatic nitrogens is 1. The first-order valence-electron chi connectivity index (χ1n) is 7.78. The maximum Gasteiger partial charge on any atom is 0.0897 e. The maximum atomic E-state index is 4.67. The van der Waals surface area contributed by atoms with E-state index in [4.69, 9.17) is 0 Å². The molecular formula is C16H28N2S. The first kappa shape index (κ1) is 15.0. The fraction of sp³-hybridized carbons (Fsp3) is 0.812. The molecule has 0 aliphatic heterocycles. The van der Waals surface area contributed by atoms with Gasteiger partial charge in [0.2, 0.25) is 0 Å². The first-order valence-corrected chi connectivity index (χ1v) is 8.66. The second kappa shape index (κ2) is 7.39. The van der Waals surface area contributed by atoms with Crippen molar-refractivity contribution in [2.75, 3.05) is 13.6 Å². The van der Waals surface area contributed by atoms with Crippen LogP contribution in [0.1, 0.15) is 49.7 Å². The van der Waals surface area contributed by atoms with Gasteiger partial charge < -0.3 is 5.32 Å². The van der Waals surface area contributed by atoms with Crippen LogP contribution >= 0.6 is 11.3 Å². The Morgan fingerprint density at radius 3 is 2.84 bits per heavy atom. The van der Waals surface area contributed by atoms with E-state index in [-0.39, 0.29) is 0 Å². The van der Waals surface area contributed by atoms with Gasteiger partial charge in [0, 0.05) is 5.38 Å². The van der Waals surface area contributed by atoms with Crippen molar-refractivity contribution in [1.29, 1.82) is 0 Å². The van der Waals surface area contributed by atoms with Crippen molar-refractivity contribution in [2.24, 2.45) is 17.8 Å². The third kappa shape index (κ3) is 4.28. The molecule has 2 rings (SSSR count). The van der Waals surface area contributed by atoms with Crippen molar-refractivity contribution >= 4 is 11.3 Å². The summed E-state index contributed by atoms with van der Waals surface area (Å²) in [5.41, 5.74) is 1.32. The molecule has 0 aromatic carbocycles. The molecule has 1 aromatic rings. The zero-order chi connectivity index (χ0) is 13.7. The summed E-state index contributed by atoms with van der Waals surface area (Å²) in [6.07, 6.45) is 8.20. The lowest BCUT2D eigenvalue weighted by Gasteiger charge is -2.36. The largest absolute Gasteiger partial charge is 0.319 e. The van der Waals surface area contributed by atoms with Crippen molar-refractivity contribution in [3.05, 3.63) is 16.1 Å². The lowest BCUT2D eigenvalue weighted by molar-refractivity contribution is 0.169. The van der Waals surface area contributed by atoms with E-state index in [2.05, 4.69) is 36.6 Å². The minimum absolute atomic E-state index is 0.833. The number of aryl methyl sites for hydroxylation is 1. The van der Waals surface area contributed by atoms with Gasteiger partial charge in [-0.25, -0.2) is 4.98 Å². The van der Waals surface area contributed by atoms with E-state index in [1.54, 1.807) is 11.3 Å². The number of hydrogen-bond acceptors (Lipinski definition) is 3. The van der Waals surface area contributed by atoms with Gasteiger partial charge in [-0.2, -0.15) is 0 Å². The van der Waals surface area contributed by atoms with Crippen LogP contribution in [-0.2, 0) is 6.42 Å². The standard InChI is InChI=1S/C16H28N2S/c1-4-5-13-6-7-14(10-17-3)15(8-13)9-16-11-19-12(2)18-16/h11,13-15,17H,4-10H2,1-3H3. The summed E-state index contributed by atoms with van der Waals surface area (Å²) >= 11 is 1.79. The quantitative estimate of drug-likeness (QED) is 0.850. The normalized spacial score (nSPS) is 27.6. The van der Waals surface area contributed by atoms with Crippen LogP contribution in [0, 0.1) is 24.7 Å². The minimum atomic E-state index is 0.833. The average Bonchev–Trinajstić information content (AvgIpc) is 2.79. The Morgan fingerprint density at radius 2 is 2.21 bits per heavy atom. The van der Waals surface area contributed by atoms with E-state index in [0.29, 0.717) is 0 Å². The zero-order valence-corrected chi connectivity index (χ0v) is 13.4. The van der Waals surface area contributed by atoms with Gasteiger partial charge in [0.15, 0.2) is 0 Å². The lowest BCUT2D eigenvalue weighted by atomic mass is 9.71. The third-order valence-corrected chi connectivity index (χ3v) is 5.37. The Kier molecular flexibility index (Phi) is 5.83. The van der Waals surface area contributed by atoms with Crippen LogP contribution in [-0.4, -0.2) is 18.6 Å². The molecule has 19 heavy (non-hydrogen) atoms. The van der Waals surface area contributed by atoms with Crippen molar-refractivity contribution in [1.82, 2.24) is 10.3 Å². The highest BCUT2D eigenvalue weighted by atomic mass is 32.1. The molecule has 3 unspecified atom stereocenters. The Bertz CT molecular complexity index is 375. The summed E-state index contributed by atoms with van der Waals surface area (Å²) in [5.74, 6) is 2.64. The molecule has 0 bridgehead atoms. The molecule has 1 heterocycles. The molecule has 0 spiro atoms. The van der Waals surface area contributed by atoms with Crippen molar-refractivity contribution in [2.45, 2.75) is 52.4 Å². The molecule has 1 aliphatic carbocycles. The van der Waals surface area contributed by atoms with Crippen molar-refractivity contribution in [3.8, 4) is 0 Å². The summed E-state index contributed by atoms with van der Waals surface area (Å²) in [5, 5.41) is 6.86. The van der Waals surface area contributed by atoms with Gasteiger partial charge in [0.05, 0.1) is 10.7 Å².